The summed E-state index contributed by atoms with van der Waals surface area (Å²) in [4.78, 5) is 24.9. The standard InChI is InChI=1S/C22H22N2O2S/c1-22(2,3)17-10-8-15(9-11-17)20(25)23-18-6-4-5-7-19(18)24-21(26)16-12-13-27-14-16/h4-14H,1-3H3,(H,23,25)(H,24,26). The molecule has 0 radical (unpaired) electrons. The van der Waals surface area contributed by atoms with Crippen molar-refractivity contribution < 1.29 is 9.59 Å². The van der Waals surface area contributed by atoms with E-state index in [9.17, 15) is 9.59 Å². The molecule has 2 N–H and O–H groups in total. The third kappa shape index (κ3) is 4.63. The molecule has 1 heterocycles. The van der Waals surface area contributed by atoms with Gasteiger partial charge < -0.3 is 10.6 Å². The van der Waals surface area contributed by atoms with Gasteiger partial charge in [-0.2, -0.15) is 11.3 Å². The average Bonchev–Trinajstić information content (AvgIpc) is 3.17. The van der Waals surface area contributed by atoms with Gasteiger partial charge in [-0.15, -0.1) is 0 Å². The summed E-state index contributed by atoms with van der Waals surface area (Å²) in [5.41, 5.74) is 3.50. The van der Waals surface area contributed by atoms with E-state index in [1.807, 2.05) is 41.8 Å². The van der Waals surface area contributed by atoms with Crippen LogP contribution in [0.4, 0.5) is 11.4 Å². The van der Waals surface area contributed by atoms with Crippen molar-refractivity contribution in [1.29, 1.82) is 0 Å². The van der Waals surface area contributed by atoms with Crippen molar-refractivity contribution in [2.45, 2.75) is 26.2 Å². The Hall–Kier alpha value is -2.92. The first-order chi connectivity index (χ1) is 12.8. The highest BCUT2D eigenvalue weighted by atomic mass is 32.1. The smallest absolute Gasteiger partial charge is 0.256 e. The van der Waals surface area contributed by atoms with Crippen LogP contribution in [-0.2, 0) is 5.41 Å². The van der Waals surface area contributed by atoms with Gasteiger partial charge in [0.05, 0.1) is 16.9 Å². The summed E-state index contributed by atoms with van der Waals surface area (Å²) in [6.07, 6.45) is 0. The number of carbonyl (C=O) groups is 2. The summed E-state index contributed by atoms with van der Waals surface area (Å²) in [5.74, 6) is -0.417. The molecule has 0 bridgehead atoms. The summed E-state index contributed by atoms with van der Waals surface area (Å²) in [6, 6.07) is 16.5. The van der Waals surface area contributed by atoms with Gasteiger partial charge >= 0.3 is 0 Å². The largest absolute Gasteiger partial charge is 0.320 e. The highest BCUT2D eigenvalue weighted by molar-refractivity contribution is 7.08. The molecule has 0 aliphatic carbocycles. The number of rotatable bonds is 4. The maximum absolute atomic E-state index is 12.6. The molecule has 2 amide bonds. The van der Waals surface area contributed by atoms with Gasteiger partial charge in [-0.1, -0.05) is 45.0 Å². The van der Waals surface area contributed by atoms with Crippen LogP contribution < -0.4 is 10.6 Å². The fourth-order valence-electron chi connectivity index (χ4n) is 2.61. The summed E-state index contributed by atoms with van der Waals surface area (Å²) in [6.45, 7) is 6.40. The van der Waals surface area contributed by atoms with E-state index in [0.29, 0.717) is 22.5 Å². The van der Waals surface area contributed by atoms with E-state index in [1.54, 1.807) is 23.6 Å². The third-order valence-electron chi connectivity index (χ3n) is 4.22. The second-order valence-electron chi connectivity index (χ2n) is 7.29. The van der Waals surface area contributed by atoms with Gasteiger partial charge in [-0.3, -0.25) is 9.59 Å². The number of amides is 2. The number of hydrogen-bond acceptors (Lipinski definition) is 3. The molecule has 0 fully saturated rings. The fourth-order valence-corrected chi connectivity index (χ4v) is 3.24. The Balaban J connectivity index is 1.75. The molecular formula is C22H22N2O2S. The van der Waals surface area contributed by atoms with E-state index in [4.69, 9.17) is 0 Å². The van der Waals surface area contributed by atoms with Gasteiger partial charge in [0, 0.05) is 10.9 Å². The Kier molecular flexibility index (Phi) is 5.42. The van der Waals surface area contributed by atoms with Crippen molar-refractivity contribution in [2.75, 3.05) is 10.6 Å². The van der Waals surface area contributed by atoms with Crippen molar-refractivity contribution in [3.8, 4) is 0 Å². The van der Waals surface area contributed by atoms with E-state index >= 15 is 0 Å². The topological polar surface area (TPSA) is 58.2 Å². The van der Waals surface area contributed by atoms with Gasteiger partial charge in [-0.25, -0.2) is 0 Å². The number of carbonyl (C=O) groups excluding carboxylic acids is 2. The molecule has 0 unspecified atom stereocenters. The summed E-state index contributed by atoms with van der Waals surface area (Å²) in [7, 11) is 0. The van der Waals surface area contributed by atoms with E-state index < -0.39 is 0 Å². The Morgan fingerprint density at radius 2 is 1.33 bits per heavy atom. The lowest BCUT2D eigenvalue weighted by atomic mass is 9.87. The van der Waals surface area contributed by atoms with Crippen molar-refractivity contribution in [1.82, 2.24) is 0 Å². The maximum atomic E-state index is 12.6. The zero-order chi connectivity index (χ0) is 19.4. The predicted molar refractivity (Wildman–Crippen MR) is 112 cm³/mol. The lowest BCUT2D eigenvalue weighted by Gasteiger charge is -2.19. The second kappa shape index (κ2) is 7.76. The molecule has 0 spiro atoms. The summed E-state index contributed by atoms with van der Waals surface area (Å²) >= 11 is 1.46. The Labute approximate surface area is 163 Å². The molecule has 0 saturated heterocycles. The normalized spacial score (nSPS) is 11.1. The van der Waals surface area contributed by atoms with Crippen LogP contribution >= 0.6 is 11.3 Å². The zero-order valence-corrected chi connectivity index (χ0v) is 16.4. The minimum atomic E-state index is -0.215. The van der Waals surface area contributed by atoms with E-state index in [1.165, 1.54) is 16.9 Å². The van der Waals surface area contributed by atoms with Crippen LogP contribution in [-0.4, -0.2) is 11.8 Å². The van der Waals surface area contributed by atoms with E-state index in [2.05, 4.69) is 31.4 Å². The second-order valence-corrected chi connectivity index (χ2v) is 8.07. The molecule has 1 aromatic heterocycles. The maximum Gasteiger partial charge on any atom is 0.256 e. The van der Waals surface area contributed by atoms with Crippen molar-refractivity contribution in [3.05, 3.63) is 82.0 Å². The minimum Gasteiger partial charge on any atom is -0.320 e. The number of anilines is 2. The molecule has 0 atom stereocenters. The number of thiophene rings is 1. The molecule has 4 nitrogen and oxygen atoms in total. The monoisotopic (exact) mass is 378 g/mol. The first-order valence-corrected chi connectivity index (χ1v) is 9.63. The van der Waals surface area contributed by atoms with E-state index in [-0.39, 0.29) is 17.2 Å². The van der Waals surface area contributed by atoms with E-state index in [0.717, 1.165) is 0 Å². The first kappa shape index (κ1) is 18.9. The Morgan fingerprint density at radius 3 is 1.81 bits per heavy atom. The summed E-state index contributed by atoms with van der Waals surface area (Å²) in [5, 5.41) is 9.37. The fraction of sp³-hybridized carbons (Fsp3) is 0.182. The highest BCUT2D eigenvalue weighted by Gasteiger charge is 2.15. The Bertz CT molecular complexity index is 939. The summed E-state index contributed by atoms with van der Waals surface area (Å²) < 4.78 is 0. The van der Waals surface area contributed by atoms with Gasteiger partial charge in [0.15, 0.2) is 0 Å². The number of hydrogen-bond donors (Lipinski definition) is 2. The molecule has 3 rings (SSSR count). The SMILES string of the molecule is CC(C)(C)c1ccc(C(=O)Nc2ccccc2NC(=O)c2ccsc2)cc1. The molecule has 3 aromatic rings. The van der Waals surface area contributed by atoms with Crippen LogP contribution in [0.25, 0.3) is 0 Å². The number of nitrogens with one attached hydrogen (secondary N) is 2. The minimum absolute atomic E-state index is 0.0353. The molecule has 5 heteroatoms. The lowest BCUT2D eigenvalue weighted by Crippen LogP contribution is -2.17. The molecule has 0 aliphatic heterocycles. The predicted octanol–water partition coefficient (Wildman–Crippen LogP) is 5.55. The van der Waals surface area contributed by atoms with Crippen LogP contribution in [0.15, 0.2) is 65.4 Å². The van der Waals surface area contributed by atoms with Gasteiger partial charge in [-0.05, 0) is 46.7 Å². The molecule has 2 aromatic carbocycles. The van der Waals surface area contributed by atoms with Crippen molar-refractivity contribution >= 4 is 34.5 Å². The van der Waals surface area contributed by atoms with Gasteiger partial charge in [0.25, 0.3) is 11.8 Å². The van der Waals surface area contributed by atoms with Crippen molar-refractivity contribution in [2.24, 2.45) is 0 Å². The third-order valence-corrected chi connectivity index (χ3v) is 4.90. The number of benzene rings is 2. The first-order valence-electron chi connectivity index (χ1n) is 8.69. The van der Waals surface area contributed by atoms with Crippen LogP contribution in [0.3, 0.4) is 0 Å². The van der Waals surface area contributed by atoms with Crippen molar-refractivity contribution in [3.63, 3.8) is 0 Å². The Morgan fingerprint density at radius 1 is 0.778 bits per heavy atom. The molecule has 138 valence electrons. The molecule has 27 heavy (non-hydrogen) atoms. The molecule has 0 aliphatic rings. The van der Waals surface area contributed by atoms with Gasteiger partial charge in [0.2, 0.25) is 0 Å². The van der Waals surface area contributed by atoms with Crippen LogP contribution in [0, 0.1) is 0 Å². The van der Waals surface area contributed by atoms with Crippen LogP contribution in [0.5, 0.6) is 0 Å². The number of para-hydroxylation sites is 2. The zero-order valence-electron chi connectivity index (χ0n) is 15.6. The molecular weight excluding hydrogens is 356 g/mol. The highest BCUT2D eigenvalue weighted by Crippen LogP contribution is 2.25. The quantitative estimate of drug-likeness (QED) is 0.625. The van der Waals surface area contributed by atoms with Crippen LogP contribution in [0.1, 0.15) is 47.1 Å². The van der Waals surface area contributed by atoms with Crippen LogP contribution in [0.2, 0.25) is 0 Å². The average molecular weight is 378 g/mol. The molecule has 0 saturated carbocycles. The van der Waals surface area contributed by atoms with Gasteiger partial charge in [0.1, 0.15) is 0 Å². The lowest BCUT2D eigenvalue weighted by molar-refractivity contribution is 0.101.